The van der Waals surface area contributed by atoms with Crippen LogP contribution in [0.2, 0.25) is 0 Å². The summed E-state index contributed by atoms with van der Waals surface area (Å²) in [5.41, 5.74) is 4.14. The quantitative estimate of drug-likeness (QED) is 0.140. The lowest BCUT2D eigenvalue weighted by Crippen LogP contribution is -2.42. The molecule has 0 unspecified atom stereocenters. The number of nitrogens with zero attached hydrogens (tertiary/aromatic N) is 5. The summed E-state index contributed by atoms with van der Waals surface area (Å²) in [7, 11) is 0. The van der Waals surface area contributed by atoms with E-state index < -0.39 is 5.92 Å². The SMILES string of the molecule is CCCCCCCCn1cc(CC2C(=O)N(Cc3ccccc3)c3ccccc3N(Cc3ccccc3)C2=O)nn1. The number of carbonyl (C=O) groups excluding carboxylic acids is 2. The van der Waals surface area contributed by atoms with E-state index in [4.69, 9.17) is 0 Å². The molecule has 0 N–H and O–H groups in total. The van der Waals surface area contributed by atoms with Gasteiger partial charge in [-0.05, 0) is 29.7 Å². The highest BCUT2D eigenvalue weighted by Gasteiger charge is 2.40. The molecule has 41 heavy (non-hydrogen) atoms. The van der Waals surface area contributed by atoms with Crippen molar-refractivity contribution in [1.29, 1.82) is 0 Å². The standard InChI is InChI=1S/C34H39N5O2/c1-2-3-4-5-6-15-22-37-26-29(35-36-37)23-30-33(40)38(24-27-16-9-7-10-17-27)31-20-13-14-21-32(31)39(34(30)41)25-28-18-11-8-12-19-28/h7-14,16-21,26,30H,2-6,15,22-25H2,1H3. The Hall–Kier alpha value is -4.26. The molecule has 0 aliphatic carbocycles. The summed E-state index contributed by atoms with van der Waals surface area (Å²) in [6.45, 7) is 3.77. The van der Waals surface area contributed by atoms with Gasteiger partial charge < -0.3 is 9.80 Å². The van der Waals surface area contributed by atoms with Crippen LogP contribution in [0.3, 0.4) is 0 Å². The van der Waals surface area contributed by atoms with Gasteiger partial charge in [0.25, 0.3) is 0 Å². The van der Waals surface area contributed by atoms with Crippen molar-refractivity contribution < 1.29 is 9.59 Å². The monoisotopic (exact) mass is 549 g/mol. The molecule has 1 aromatic heterocycles. The zero-order valence-electron chi connectivity index (χ0n) is 23.9. The maximum absolute atomic E-state index is 14.3. The zero-order chi connectivity index (χ0) is 28.4. The van der Waals surface area contributed by atoms with E-state index in [1.54, 1.807) is 9.80 Å². The minimum Gasteiger partial charge on any atom is -0.305 e. The highest BCUT2D eigenvalue weighted by Crippen LogP contribution is 2.37. The molecule has 0 radical (unpaired) electrons. The van der Waals surface area contributed by atoms with Crippen molar-refractivity contribution in [1.82, 2.24) is 15.0 Å². The van der Waals surface area contributed by atoms with E-state index in [0.717, 1.165) is 41.9 Å². The molecular weight excluding hydrogens is 510 g/mol. The van der Waals surface area contributed by atoms with E-state index in [1.165, 1.54) is 25.7 Å². The number of carbonyl (C=O) groups is 2. The number of aromatic nitrogens is 3. The summed E-state index contributed by atoms with van der Waals surface area (Å²) in [6.07, 6.45) is 9.33. The van der Waals surface area contributed by atoms with Crippen molar-refractivity contribution in [2.75, 3.05) is 9.80 Å². The minimum atomic E-state index is -0.908. The number of rotatable bonds is 13. The van der Waals surface area contributed by atoms with Gasteiger partial charge in [-0.3, -0.25) is 14.3 Å². The maximum Gasteiger partial charge on any atom is 0.240 e. The van der Waals surface area contributed by atoms with Gasteiger partial charge in [0.1, 0.15) is 5.92 Å². The summed E-state index contributed by atoms with van der Waals surface area (Å²) in [5, 5.41) is 8.70. The first-order chi connectivity index (χ1) is 20.1. The molecule has 0 spiro atoms. The zero-order valence-corrected chi connectivity index (χ0v) is 23.9. The molecule has 4 aromatic rings. The lowest BCUT2D eigenvalue weighted by Gasteiger charge is -2.25. The lowest BCUT2D eigenvalue weighted by molar-refractivity contribution is -0.132. The summed E-state index contributed by atoms with van der Waals surface area (Å²) in [6, 6.07) is 27.5. The van der Waals surface area contributed by atoms with Crippen molar-refractivity contribution >= 4 is 23.2 Å². The second-order valence-electron chi connectivity index (χ2n) is 10.8. The average Bonchev–Trinajstić information content (AvgIpc) is 3.44. The second-order valence-corrected chi connectivity index (χ2v) is 10.8. The van der Waals surface area contributed by atoms with Crippen LogP contribution in [0.5, 0.6) is 0 Å². The first-order valence-corrected chi connectivity index (χ1v) is 14.8. The molecule has 2 amide bonds. The van der Waals surface area contributed by atoms with Gasteiger partial charge in [-0.25, -0.2) is 0 Å². The van der Waals surface area contributed by atoms with Gasteiger partial charge in [0.2, 0.25) is 11.8 Å². The molecule has 7 heteroatoms. The third-order valence-corrected chi connectivity index (χ3v) is 7.70. The molecule has 7 nitrogen and oxygen atoms in total. The number of hydrogen-bond acceptors (Lipinski definition) is 4. The summed E-state index contributed by atoms with van der Waals surface area (Å²) in [5.74, 6) is -1.34. The summed E-state index contributed by atoms with van der Waals surface area (Å²) < 4.78 is 1.85. The van der Waals surface area contributed by atoms with Gasteiger partial charge in [-0.15, -0.1) is 5.10 Å². The van der Waals surface area contributed by atoms with Gasteiger partial charge in [0.15, 0.2) is 0 Å². The smallest absolute Gasteiger partial charge is 0.240 e. The Balaban J connectivity index is 1.42. The van der Waals surface area contributed by atoms with Crippen LogP contribution in [0.15, 0.2) is 91.1 Å². The van der Waals surface area contributed by atoms with Gasteiger partial charge >= 0.3 is 0 Å². The number of hydrogen-bond donors (Lipinski definition) is 0. The molecule has 3 aromatic carbocycles. The Morgan fingerprint density at radius 2 is 1.17 bits per heavy atom. The molecule has 0 atom stereocenters. The van der Waals surface area contributed by atoms with Crippen LogP contribution in [-0.4, -0.2) is 26.8 Å². The first-order valence-electron chi connectivity index (χ1n) is 14.8. The van der Waals surface area contributed by atoms with E-state index in [0.29, 0.717) is 18.8 Å². The summed E-state index contributed by atoms with van der Waals surface area (Å²) in [4.78, 5) is 32.0. The number of unbranched alkanes of at least 4 members (excludes halogenated alkanes) is 5. The Labute approximate surface area is 242 Å². The molecule has 0 bridgehead atoms. The van der Waals surface area contributed by atoms with E-state index in [2.05, 4.69) is 17.2 Å². The minimum absolute atomic E-state index is 0.207. The fourth-order valence-electron chi connectivity index (χ4n) is 5.48. The maximum atomic E-state index is 14.3. The predicted molar refractivity (Wildman–Crippen MR) is 162 cm³/mol. The number of para-hydroxylation sites is 2. The number of amides is 2. The number of aryl methyl sites for hydroxylation is 1. The molecule has 5 rings (SSSR count). The third kappa shape index (κ3) is 7.09. The predicted octanol–water partition coefficient (Wildman–Crippen LogP) is 6.58. The van der Waals surface area contributed by atoms with Crippen LogP contribution in [-0.2, 0) is 35.6 Å². The van der Waals surface area contributed by atoms with Crippen molar-refractivity contribution in [3.05, 3.63) is 108 Å². The topological polar surface area (TPSA) is 71.3 Å². The largest absolute Gasteiger partial charge is 0.305 e. The number of anilines is 2. The molecule has 0 saturated carbocycles. The van der Waals surface area contributed by atoms with E-state index >= 15 is 0 Å². The van der Waals surface area contributed by atoms with Crippen LogP contribution in [0.1, 0.15) is 62.3 Å². The average molecular weight is 550 g/mol. The van der Waals surface area contributed by atoms with Crippen LogP contribution in [0.25, 0.3) is 0 Å². The Kier molecular flexibility index (Phi) is 9.57. The summed E-state index contributed by atoms with van der Waals surface area (Å²) >= 11 is 0. The molecule has 1 aliphatic rings. The molecule has 0 fully saturated rings. The third-order valence-electron chi connectivity index (χ3n) is 7.70. The molecule has 212 valence electrons. The van der Waals surface area contributed by atoms with Crippen molar-refractivity contribution in [3.8, 4) is 0 Å². The van der Waals surface area contributed by atoms with Crippen molar-refractivity contribution in [2.45, 2.75) is 71.5 Å². The van der Waals surface area contributed by atoms with Crippen LogP contribution in [0.4, 0.5) is 11.4 Å². The van der Waals surface area contributed by atoms with Crippen molar-refractivity contribution in [3.63, 3.8) is 0 Å². The van der Waals surface area contributed by atoms with Crippen LogP contribution >= 0.6 is 0 Å². The number of fused-ring (bicyclic) bond motifs is 1. The normalized spacial score (nSPS) is 13.9. The molecule has 1 aliphatic heterocycles. The van der Waals surface area contributed by atoms with Crippen LogP contribution in [0, 0.1) is 5.92 Å². The second kappa shape index (κ2) is 13.9. The lowest BCUT2D eigenvalue weighted by atomic mass is 9.99. The molecule has 2 heterocycles. The van der Waals surface area contributed by atoms with Gasteiger partial charge in [0.05, 0.1) is 30.2 Å². The molecular formula is C34H39N5O2. The van der Waals surface area contributed by atoms with E-state index in [-0.39, 0.29) is 18.2 Å². The molecule has 0 saturated heterocycles. The van der Waals surface area contributed by atoms with Crippen LogP contribution < -0.4 is 9.80 Å². The first kappa shape index (κ1) is 28.3. The number of benzene rings is 3. The fourth-order valence-corrected chi connectivity index (χ4v) is 5.48. The van der Waals surface area contributed by atoms with Crippen molar-refractivity contribution in [2.24, 2.45) is 5.92 Å². The Morgan fingerprint density at radius 1 is 0.659 bits per heavy atom. The Morgan fingerprint density at radius 3 is 1.73 bits per heavy atom. The van der Waals surface area contributed by atoms with Gasteiger partial charge in [0, 0.05) is 19.2 Å². The van der Waals surface area contributed by atoms with E-state index in [9.17, 15) is 9.59 Å². The van der Waals surface area contributed by atoms with Gasteiger partial charge in [-0.1, -0.05) is 117 Å². The Bertz CT molecular complexity index is 1340. The van der Waals surface area contributed by atoms with E-state index in [1.807, 2.05) is 95.8 Å². The fraction of sp³-hybridized carbons (Fsp3) is 0.353. The highest BCUT2D eigenvalue weighted by molar-refractivity contribution is 6.17. The van der Waals surface area contributed by atoms with Gasteiger partial charge in [-0.2, -0.15) is 0 Å². The highest BCUT2D eigenvalue weighted by atomic mass is 16.2.